The second-order valence-corrected chi connectivity index (χ2v) is 7.52. The van der Waals surface area contributed by atoms with Crippen molar-refractivity contribution >= 4 is 23.2 Å². The van der Waals surface area contributed by atoms with E-state index in [9.17, 15) is 22.8 Å². The van der Waals surface area contributed by atoms with Crippen LogP contribution in [0.15, 0.2) is 42.5 Å². The van der Waals surface area contributed by atoms with E-state index in [1.165, 1.54) is 19.2 Å². The first-order chi connectivity index (χ1) is 17.3. The Morgan fingerprint density at radius 2 is 1.41 bits per heavy atom. The average Bonchev–Trinajstić information content (AvgIpc) is 2.85. The number of carbonyl (C=O) groups is 2. The molecule has 2 aromatic rings. The highest BCUT2D eigenvalue weighted by Gasteiger charge is 2.34. The summed E-state index contributed by atoms with van der Waals surface area (Å²) in [6.45, 7) is 8.77. The van der Waals surface area contributed by atoms with Gasteiger partial charge in [0, 0.05) is 24.0 Å². The molecule has 10 heteroatoms. The van der Waals surface area contributed by atoms with Crippen molar-refractivity contribution in [3.8, 4) is 18.4 Å². The Morgan fingerprint density at radius 3 is 1.81 bits per heavy atom. The number of nitriles is 1. The van der Waals surface area contributed by atoms with Crippen molar-refractivity contribution in [1.82, 2.24) is 10.6 Å². The van der Waals surface area contributed by atoms with E-state index < -0.39 is 28.7 Å². The van der Waals surface area contributed by atoms with Crippen molar-refractivity contribution < 1.29 is 22.8 Å². The van der Waals surface area contributed by atoms with Crippen LogP contribution in [-0.2, 0) is 11.0 Å². The number of carbonyl (C=O) groups excluding carboxylic acids is 2. The van der Waals surface area contributed by atoms with Gasteiger partial charge in [-0.1, -0.05) is 13.8 Å². The zero-order valence-corrected chi connectivity index (χ0v) is 22.5. The summed E-state index contributed by atoms with van der Waals surface area (Å²) in [5.41, 5.74) is -1.91. The number of nitrogens with zero attached hydrogens (tertiary/aromatic N) is 1. The van der Waals surface area contributed by atoms with Gasteiger partial charge in [-0.2, -0.15) is 18.4 Å². The summed E-state index contributed by atoms with van der Waals surface area (Å²) in [6.07, 6.45) is -0.119. The summed E-state index contributed by atoms with van der Waals surface area (Å²) in [5.74, 6) is 1.42. The third kappa shape index (κ3) is 12.5. The van der Waals surface area contributed by atoms with Crippen LogP contribution in [0.4, 0.5) is 24.5 Å². The number of nitrogens with one attached hydrogen (secondary N) is 4. The lowest BCUT2D eigenvalue weighted by Gasteiger charge is -2.26. The van der Waals surface area contributed by atoms with Gasteiger partial charge in [0.05, 0.1) is 17.2 Å². The highest BCUT2D eigenvalue weighted by Crippen LogP contribution is 2.33. The summed E-state index contributed by atoms with van der Waals surface area (Å²) in [7, 11) is 5.26. The average molecular weight is 520 g/mol. The molecule has 0 heterocycles. The predicted octanol–water partition coefficient (Wildman–Crippen LogP) is 5.27. The first-order valence-corrected chi connectivity index (χ1v) is 11.3. The van der Waals surface area contributed by atoms with Gasteiger partial charge in [-0.25, -0.2) is 0 Å². The van der Waals surface area contributed by atoms with Gasteiger partial charge in [-0.05, 0) is 77.3 Å². The van der Waals surface area contributed by atoms with Crippen molar-refractivity contribution in [2.75, 3.05) is 31.8 Å². The van der Waals surface area contributed by atoms with Gasteiger partial charge >= 0.3 is 6.18 Å². The fourth-order valence-electron chi connectivity index (χ4n) is 2.51. The molecule has 0 saturated carbocycles. The van der Waals surface area contributed by atoms with Gasteiger partial charge in [0.2, 0.25) is 5.91 Å². The van der Waals surface area contributed by atoms with Crippen molar-refractivity contribution in [2.24, 2.45) is 0 Å². The SMILES string of the molecule is C#CC.CC.CNC.CNC(=O)c1ccc(NC(C)(C)C(=O)Nc2ccc(C#N)c(C(F)(F)F)c2)cc1. The lowest BCUT2D eigenvalue weighted by atomic mass is 10.0. The third-order valence-electron chi connectivity index (χ3n) is 4.10. The van der Waals surface area contributed by atoms with E-state index in [-0.39, 0.29) is 11.6 Å². The van der Waals surface area contributed by atoms with Crippen LogP contribution in [0.3, 0.4) is 0 Å². The second-order valence-electron chi connectivity index (χ2n) is 7.52. The van der Waals surface area contributed by atoms with Crippen LogP contribution in [0.2, 0.25) is 0 Å². The Morgan fingerprint density at radius 1 is 0.946 bits per heavy atom. The minimum atomic E-state index is -4.72. The van der Waals surface area contributed by atoms with E-state index in [1.807, 2.05) is 27.9 Å². The molecular formula is C27H36F3N5O2. The van der Waals surface area contributed by atoms with Gasteiger partial charge in [0.25, 0.3) is 5.91 Å². The summed E-state index contributed by atoms with van der Waals surface area (Å²) >= 11 is 0. The molecule has 0 aliphatic rings. The van der Waals surface area contributed by atoms with E-state index in [2.05, 4.69) is 33.6 Å². The standard InChI is InChI=1S/C20H19F3N4O2.C3H4.C2H7N.C2H6/c1-19(2,27-14-7-4-12(5-8-14)17(28)25-3)18(29)26-15-9-6-13(11-24)16(10-15)20(21,22)23;2*1-3-2;1-2/h4-10,27H,1-3H3,(H,25,28)(H,26,29);1H,2H3;3H,1-2H3;1-2H3. The molecule has 2 amide bonds. The summed E-state index contributed by atoms with van der Waals surface area (Å²) in [6, 6.07) is 10.8. The van der Waals surface area contributed by atoms with Gasteiger partial charge in [0.1, 0.15) is 5.54 Å². The normalized spacial score (nSPS) is 9.76. The number of rotatable bonds is 5. The fourth-order valence-corrected chi connectivity index (χ4v) is 2.51. The Kier molecular flexibility index (Phi) is 16.5. The van der Waals surface area contributed by atoms with Crippen molar-refractivity contribution in [1.29, 1.82) is 5.26 Å². The molecule has 202 valence electrons. The van der Waals surface area contributed by atoms with Crippen LogP contribution in [0.1, 0.15) is 56.1 Å². The lowest BCUT2D eigenvalue weighted by Crippen LogP contribution is -2.44. The molecule has 0 aliphatic heterocycles. The second kappa shape index (κ2) is 17.4. The fraction of sp³-hybridized carbons (Fsp3) is 0.370. The van der Waals surface area contributed by atoms with E-state index in [4.69, 9.17) is 5.26 Å². The number of hydrogen-bond acceptors (Lipinski definition) is 5. The highest BCUT2D eigenvalue weighted by atomic mass is 19.4. The summed E-state index contributed by atoms with van der Waals surface area (Å²) in [5, 5.41) is 19.5. The van der Waals surface area contributed by atoms with Crippen LogP contribution in [0, 0.1) is 23.7 Å². The number of benzene rings is 2. The molecular weight excluding hydrogens is 483 g/mol. The molecule has 0 unspecified atom stereocenters. The van der Waals surface area contributed by atoms with Crippen LogP contribution < -0.4 is 21.3 Å². The van der Waals surface area contributed by atoms with Crippen LogP contribution in [-0.4, -0.2) is 38.5 Å². The number of terminal acetylenes is 1. The number of halogens is 3. The monoisotopic (exact) mass is 519 g/mol. The predicted molar refractivity (Wildman–Crippen MR) is 143 cm³/mol. The summed E-state index contributed by atoms with van der Waals surface area (Å²) in [4.78, 5) is 24.2. The van der Waals surface area contributed by atoms with Crippen LogP contribution >= 0.6 is 0 Å². The molecule has 0 aliphatic carbocycles. The lowest BCUT2D eigenvalue weighted by molar-refractivity contribution is -0.137. The maximum atomic E-state index is 13.1. The zero-order valence-electron chi connectivity index (χ0n) is 22.5. The van der Waals surface area contributed by atoms with Crippen molar-refractivity contribution in [2.45, 2.75) is 46.3 Å². The van der Waals surface area contributed by atoms with Crippen molar-refractivity contribution in [3.05, 3.63) is 59.2 Å². The molecule has 2 aromatic carbocycles. The number of amides is 2. The number of hydrogen-bond donors (Lipinski definition) is 4. The molecule has 4 N–H and O–H groups in total. The van der Waals surface area contributed by atoms with Crippen molar-refractivity contribution in [3.63, 3.8) is 0 Å². The Bertz CT molecular complexity index is 1070. The topological polar surface area (TPSA) is 106 Å². The highest BCUT2D eigenvalue weighted by molar-refractivity contribution is 5.99. The molecule has 0 fully saturated rings. The Hall–Kier alpha value is -4.02. The van der Waals surface area contributed by atoms with E-state index >= 15 is 0 Å². The molecule has 37 heavy (non-hydrogen) atoms. The van der Waals surface area contributed by atoms with E-state index in [1.54, 1.807) is 45.0 Å². The minimum Gasteiger partial charge on any atom is -0.372 e. The minimum absolute atomic E-state index is 0.0776. The molecule has 0 radical (unpaired) electrons. The molecule has 0 bridgehead atoms. The van der Waals surface area contributed by atoms with Gasteiger partial charge in [-0.3, -0.25) is 9.59 Å². The molecule has 2 rings (SSSR count). The number of anilines is 2. The molecule has 0 saturated heterocycles. The smallest absolute Gasteiger partial charge is 0.372 e. The van der Waals surface area contributed by atoms with E-state index in [0.29, 0.717) is 11.3 Å². The third-order valence-corrected chi connectivity index (χ3v) is 4.10. The van der Waals surface area contributed by atoms with Gasteiger partial charge < -0.3 is 21.3 Å². The Balaban J connectivity index is 0. The van der Waals surface area contributed by atoms with Gasteiger partial charge in [-0.15, -0.1) is 12.3 Å². The number of alkyl halides is 3. The quantitative estimate of drug-likeness (QED) is 0.403. The molecule has 0 aromatic heterocycles. The van der Waals surface area contributed by atoms with Crippen LogP contribution in [0.25, 0.3) is 0 Å². The van der Waals surface area contributed by atoms with E-state index in [0.717, 1.165) is 12.1 Å². The molecule has 7 nitrogen and oxygen atoms in total. The first-order valence-electron chi connectivity index (χ1n) is 11.3. The first kappa shape index (κ1) is 35.1. The molecule has 0 atom stereocenters. The zero-order chi connectivity index (χ0) is 29.2. The molecule has 0 spiro atoms. The summed E-state index contributed by atoms with van der Waals surface area (Å²) < 4.78 is 39.3. The van der Waals surface area contributed by atoms with Crippen LogP contribution in [0.5, 0.6) is 0 Å². The largest absolute Gasteiger partial charge is 0.417 e. The maximum absolute atomic E-state index is 13.1. The Labute approximate surface area is 217 Å². The van der Waals surface area contributed by atoms with Gasteiger partial charge in [0.15, 0.2) is 0 Å². The maximum Gasteiger partial charge on any atom is 0.417 e.